The van der Waals surface area contributed by atoms with Crippen molar-refractivity contribution in [1.82, 2.24) is 0 Å². The molecular weight excluding hydrogens is 746 g/mol. The maximum atomic E-state index is 12.3. The Morgan fingerprint density at radius 3 is 0.714 bits per heavy atom. The highest BCUT2D eigenvalue weighted by Gasteiger charge is 2.24. The zero-order valence-electron chi connectivity index (χ0n) is 32.6. The first-order chi connectivity index (χ1) is 26.3. The second-order valence-corrected chi connectivity index (χ2v) is 12.4. The summed E-state index contributed by atoms with van der Waals surface area (Å²) in [4.78, 5) is 107. The van der Waals surface area contributed by atoms with Crippen LogP contribution in [0, 0.1) is 0 Å². The van der Waals surface area contributed by atoms with E-state index in [0.717, 1.165) is 0 Å². The number of quaternary nitrogens is 1. The molecule has 0 bridgehead atoms. The fourth-order valence-corrected chi connectivity index (χ4v) is 3.76. The molecule has 19 heteroatoms. The van der Waals surface area contributed by atoms with E-state index in [9.17, 15) is 43.2 Å². The number of nitrogens with zero attached hydrogens (tertiary/aromatic N) is 1. The second-order valence-electron chi connectivity index (χ2n) is 12.4. The number of carbonyl (C=O) groups is 9. The molecule has 0 fully saturated rings. The Balaban J connectivity index is 4.87. The highest BCUT2D eigenvalue weighted by molar-refractivity contribution is 5.87. The molecule has 314 valence electrons. The molecule has 0 N–H and O–H groups in total. The highest BCUT2D eigenvalue weighted by atomic mass is 16.6. The first kappa shape index (κ1) is 50.4. The van der Waals surface area contributed by atoms with Crippen LogP contribution in [0.15, 0.2) is 36.5 Å². The van der Waals surface area contributed by atoms with Crippen molar-refractivity contribution in [2.75, 3.05) is 86.1 Å². The van der Waals surface area contributed by atoms with Gasteiger partial charge in [-0.25, -0.2) is 14.4 Å². The van der Waals surface area contributed by atoms with Gasteiger partial charge in [0.1, 0.15) is 79.1 Å². The minimum absolute atomic E-state index is 0.0780. The van der Waals surface area contributed by atoms with Gasteiger partial charge in [0.25, 0.3) is 0 Å². The van der Waals surface area contributed by atoms with Crippen LogP contribution < -0.4 is 0 Å². The Hall–Kier alpha value is -5.59. The van der Waals surface area contributed by atoms with E-state index in [0.29, 0.717) is 0 Å². The Bertz CT molecular complexity index is 1250. The predicted molar refractivity (Wildman–Crippen MR) is 192 cm³/mol. The van der Waals surface area contributed by atoms with E-state index < -0.39 is 53.7 Å². The molecule has 0 aromatic carbocycles. The molecule has 0 aliphatic carbocycles. The van der Waals surface area contributed by atoms with Crippen molar-refractivity contribution in [2.45, 2.75) is 59.3 Å². The second kappa shape index (κ2) is 28.8. The van der Waals surface area contributed by atoms with Crippen molar-refractivity contribution >= 4 is 53.7 Å². The van der Waals surface area contributed by atoms with Crippen molar-refractivity contribution in [1.29, 1.82) is 0 Å². The zero-order valence-corrected chi connectivity index (χ0v) is 32.6. The molecule has 0 aliphatic heterocycles. The third kappa shape index (κ3) is 27.1. The monoisotopic (exact) mass is 800 g/mol. The summed E-state index contributed by atoms with van der Waals surface area (Å²) in [5.41, 5.74) is 0.578. The molecule has 0 saturated heterocycles. The number of ether oxygens (including phenoxy) is 9. The maximum Gasteiger partial charge on any atom is 0.333 e. The standard InChI is InChI=1S/C37H54NO18/c1-26(2)35(45)54-23-20-51-32(42)11-8-29(39)48-17-14-38(7,15-18-49-30(40)9-12-33(43)52-21-24-55-36(46)27(3)4)16-19-50-31(41)10-13-34(44)53-22-25-56-37(47)28(5)6/h1,3,5,8-25H2,2,4,6-7H3/q+1. The van der Waals surface area contributed by atoms with Crippen molar-refractivity contribution in [2.24, 2.45) is 0 Å². The van der Waals surface area contributed by atoms with Crippen molar-refractivity contribution in [3.8, 4) is 0 Å². The highest BCUT2D eigenvalue weighted by Crippen LogP contribution is 2.07. The van der Waals surface area contributed by atoms with Gasteiger partial charge in [0.15, 0.2) is 0 Å². The van der Waals surface area contributed by atoms with Crippen molar-refractivity contribution < 1.29 is 90.3 Å². The maximum absolute atomic E-state index is 12.3. The van der Waals surface area contributed by atoms with E-state index in [1.54, 1.807) is 7.05 Å². The topological polar surface area (TPSA) is 237 Å². The Kier molecular flexibility index (Phi) is 25.9. The lowest BCUT2D eigenvalue weighted by molar-refractivity contribution is -0.910. The largest absolute Gasteiger partial charge is 0.462 e. The van der Waals surface area contributed by atoms with Gasteiger partial charge in [-0.1, -0.05) is 19.7 Å². The molecule has 0 aliphatic rings. The number of likely N-dealkylation sites (N-methyl/N-ethyl adjacent to an activating group) is 1. The molecule has 0 amide bonds. The van der Waals surface area contributed by atoms with E-state index in [1.165, 1.54) is 20.8 Å². The lowest BCUT2D eigenvalue weighted by Crippen LogP contribution is -2.51. The average Bonchev–Trinajstić information content (AvgIpc) is 3.13. The van der Waals surface area contributed by atoms with Gasteiger partial charge in [-0.05, 0) is 20.8 Å². The van der Waals surface area contributed by atoms with E-state index in [1.807, 2.05) is 0 Å². The van der Waals surface area contributed by atoms with Crippen LogP contribution in [0.1, 0.15) is 59.3 Å². The van der Waals surface area contributed by atoms with E-state index in [4.69, 9.17) is 42.6 Å². The molecule has 0 aromatic rings. The predicted octanol–water partition coefficient (Wildman–Crippen LogP) is 1.39. The van der Waals surface area contributed by atoms with Crippen LogP contribution in [0.4, 0.5) is 0 Å². The molecule has 0 unspecified atom stereocenters. The summed E-state index contributed by atoms with van der Waals surface area (Å²) in [5.74, 6) is -6.06. The van der Waals surface area contributed by atoms with Gasteiger partial charge in [-0.2, -0.15) is 0 Å². The molecule has 0 atom stereocenters. The van der Waals surface area contributed by atoms with Crippen LogP contribution >= 0.6 is 0 Å². The first-order valence-electron chi connectivity index (χ1n) is 17.6. The molecule has 0 aromatic heterocycles. The zero-order chi connectivity index (χ0) is 42.5. The van der Waals surface area contributed by atoms with Gasteiger partial charge < -0.3 is 47.1 Å². The fraction of sp³-hybridized carbons (Fsp3) is 0.595. The third-order valence-electron chi connectivity index (χ3n) is 7.07. The average molecular weight is 801 g/mol. The number of rotatable bonds is 30. The molecular formula is C37H54NO18+. The van der Waals surface area contributed by atoms with Crippen molar-refractivity contribution in [3.05, 3.63) is 36.5 Å². The van der Waals surface area contributed by atoms with Crippen LogP contribution in [0.3, 0.4) is 0 Å². The summed E-state index contributed by atoms with van der Waals surface area (Å²) < 4.78 is 45.1. The SMILES string of the molecule is C=C(C)C(=O)OCCOC(=O)CCC(=O)OCC[N+](C)(CCOC(=O)CCC(=O)OCCOC(=O)C(=C)C)CCOC(=O)CCC(=O)OCCOC(=O)C(=C)C. The van der Waals surface area contributed by atoms with E-state index >= 15 is 0 Å². The minimum atomic E-state index is -0.702. The van der Waals surface area contributed by atoms with Gasteiger partial charge in [-0.3, -0.25) is 28.8 Å². The van der Waals surface area contributed by atoms with Crippen LogP contribution in [-0.2, 0) is 85.8 Å². The van der Waals surface area contributed by atoms with Crippen LogP contribution in [0.5, 0.6) is 0 Å². The van der Waals surface area contributed by atoms with E-state index in [2.05, 4.69) is 19.7 Å². The normalized spacial score (nSPS) is 10.5. The molecule has 56 heavy (non-hydrogen) atoms. The lowest BCUT2D eigenvalue weighted by atomic mass is 10.3. The summed E-state index contributed by atoms with van der Waals surface area (Å²) in [7, 11) is 1.73. The summed E-state index contributed by atoms with van der Waals surface area (Å²) in [6.45, 7) is 13.7. The summed E-state index contributed by atoms with van der Waals surface area (Å²) in [6.07, 6.45) is -1.69. The number of carbonyl (C=O) groups excluding carboxylic acids is 9. The van der Waals surface area contributed by atoms with Gasteiger partial charge in [0.05, 0.1) is 45.6 Å². The molecule has 0 radical (unpaired) electrons. The number of hydrogen-bond acceptors (Lipinski definition) is 18. The van der Waals surface area contributed by atoms with Gasteiger partial charge in [0.2, 0.25) is 0 Å². The van der Waals surface area contributed by atoms with Gasteiger partial charge in [-0.15, -0.1) is 0 Å². The Morgan fingerprint density at radius 2 is 0.518 bits per heavy atom. The molecule has 0 heterocycles. The number of esters is 9. The lowest BCUT2D eigenvalue weighted by Gasteiger charge is -2.33. The van der Waals surface area contributed by atoms with Crippen molar-refractivity contribution in [3.63, 3.8) is 0 Å². The Morgan fingerprint density at radius 1 is 0.339 bits per heavy atom. The van der Waals surface area contributed by atoms with Gasteiger partial charge in [0, 0.05) is 16.7 Å². The van der Waals surface area contributed by atoms with E-state index in [-0.39, 0.29) is 139 Å². The smallest absolute Gasteiger partial charge is 0.333 e. The molecule has 0 rings (SSSR count). The molecule has 0 spiro atoms. The van der Waals surface area contributed by atoms with Crippen LogP contribution in [0.25, 0.3) is 0 Å². The molecule has 0 saturated carbocycles. The summed E-state index contributed by atoms with van der Waals surface area (Å²) in [6, 6.07) is 0. The third-order valence-corrected chi connectivity index (χ3v) is 7.07. The first-order valence-corrected chi connectivity index (χ1v) is 17.6. The van der Waals surface area contributed by atoms with Crippen LogP contribution in [0.2, 0.25) is 0 Å². The number of hydrogen-bond donors (Lipinski definition) is 0. The summed E-state index contributed by atoms with van der Waals surface area (Å²) in [5, 5.41) is 0. The Labute approximate surface area is 325 Å². The van der Waals surface area contributed by atoms with Crippen LogP contribution in [-0.4, -0.2) is 144 Å². The quantitative estimate of drug-likeness (QED) is 0.0328. The fourth-order valence-electron chi connectivity index (χ4n) is 3.76. The summed E-state index contributed by atoms with van der Waals surface area (Å²) >= 11 is 0. The molecule has 19 nitrogen and oxygen atoms in total. The minimum Gasteiger partial charge on any atom is -0.462 e. The van der Waals surface area contributed by atoms with Gasteiger partial charge >= 0.3 is 53.7 Å².